The van der Waals surface area contributed by atoms with Crippen LogP contribution in [-0.2, 0) is 11.3 Å². The summed E-state index contributed by atoms with van der Waals surface area (Å²) in [6.45, 7) is 3.72. The van der Waals surface area contributed by atoms with Crippen molar-refractivity contribution >= 4 is 11.6 Å². The Morgan fingerprint density at radius 1 is 1.19 bits per heavy atom. The highest BCUT2D eigenvalue weighted by Gasteiger charge is 2.47. The Kier molecular flexibility index (Phi) is 4.46. The smallest absolute Gasteiger partial charge is 0.241 e. The monoisotopic (exact) mass is 354 g/mol. The number of nitrogens with zero attached hydrogens (tertiary/aromatic N) is 4. The molecule has 2 saturated heterocycles. The van der Waals surface area contributed by atoms with Crippen LogP contribution < -0.4 is 4.90 Å². The molecule has 5 nitrogen and oxygen atoms in total. The molecule has 0 aliphatic carbocycles. The van der Waals surface area contributed by atoms with Crippen molar-refractivity contribution in [3.05, 3.63) is 60.2 Å². The van der Waals surface area contributed by atoms with E-state index in [9.17, 15) is 9.18 Å². The molecule has 1 aromatic carbocycles. The van der Waals surface area contributed by atoms with E-state index in [-0.39, 0.29) is 17.3 Å². The lowest BCUT2D eigenvalue weighted by Gasteiger charge is -2.47. The lowest BCUT2D eigenvalue weighted by atomic mass is 9.92. The van der Waals surface area contributed by atoms with E-state index in [4.69, 9.17) is 0 Å². The summed E-state index contributed by atoms with van der Waals surface area (Å²) in [5, 5.41) is 0. The first-order chi connectivity index (χ1) is 12.6. The number of carbonyl (C=O) groups excluding carboxylic acids is 1. The van der Waals surface area contributed by atoms with E-state index in [0.717, 1.165) is 26.1 Å². The van der Waals surface area contributed by atoms with Gasteiger partial charge in [-0.15, -0.1) is 0 Å². The SMILES string of the molecule is CN1CC(=O)N(c2cccc(F)c2)CC12CCN(Cc1ccncc1)C2. The molecule has 0 radical (unpaired) electrons. The number of likely N-dealkylation sites (tertiary alicyclic amines) is 1. The third kappa shape index (κ3) is 3.22. The van der Waals surface area contributed by atoms with E-state index < -0.39 is 0 Å². The first-order valence-electron chi connectivity index (χ1n) is 8.94. The number of likely N-dealkylation sites (N-methyl/N-ethyl adjacent to an activating group) is 1. The summed E-state index contributed by atoms with van der Waals surface area (Å²) < 4.78 is 13.6. The first kappa shape index (κ1) is 17.1. The van der Waals surface area contributed by atoms with Crippen LogP contribution >= 0.6 is 0 Å². The molecule has 0 bridgehead atoms. The minimum absolute atomic E-state index is 0.0244. The lowest BCUT2D eigenvalue weighted by Crippen LogP contribution is -2.64. The molecule has 2 aliphatic rings. The van der Waals surface area contributed by atoms with E-state index in [0.29, 0.717) is 18.8 Å². The zero-order chi connectivity index (χ0) is 18.1. The molecule has 1 spiro atoms. The van der Waals surface area contributed by atoms with E-state index in [2.05, 4.69) is 14.8 Å². The predicted octanol–water partition coefficient (Wildman–Crippen LogP) is 2.14. The molecule has 136 valence electrons. The van der Waals surface area contributed by atoms with Crippen LogP contribution in [0.4, 0.5) is 10.1 Å². The number of hydrogen-bond acceptors (Lipinski definition) is 4. The third-order valence-electron chi connectivity index (χ3n) is 5.62. The molecular formula is C20H23FN4O. The van der Waals surface area contributed by atoms with Crippen LogP contribution in [0.1, 0.15) is 12.0 Å². The molecule has 1 atom stereocenters. The highest BCUT2D eigenvalue weighted by atomic mass is 19.1. The number of hydrogen-bond donors (Lipinski definition) is 0. The normalized spacial score (nSPS) is 24.5. The first-order valence-corrected chi connectivity index (χ1v) is 8.94. The van der Waals surface area contributed by atoms with Crippen LogP contribution in [0.25, 0.3) is 0 Å². The summed E-state index contributed by atoms with van der Waals surface area (Å²) in [6, 6.07) is 10.4. The largest absolute Gasteiger partial charge is 0.309 e. The zero-order valence-corrected chi connectivity index (χ0v) is 14.9. The van der Waals surface area contributed by atoms with Crippen LogP contribution in [0.15, 0.2) is 48.8 Å². The highest BCUT2D eigenvalue weighted by Crippen LogP contribution is 2.34. The van der Waals surface area contributed by atoms with Crippen molar-refractivity contribution in [1.82, 2.24) is 14.8 Å². The molecule has 2 fully saturated rings. The minimum atomic E-state index is -0.311. The standard InChI is InChI=1S/C20H23FN4O/c1-23-13-19(26)25(18-4-2-3-17(21)11-18)15-20(23)7-10-24(14-20)12-16-5-8-22-9-6-16/h2-6,8-9,11H,7,10,12-15H2,1H3. The number of halogens is 1. The maximum atomic E-state index is 13.6. The van der Waals surface area contributed by atoms with Crippen LogP contribution in [0.3, 0.4) is 0 Å². The van der Waals surface area contributed by atoms with Gasteiger partial charge in [0.05, 0.1) is 12.1 Å². The Bertz CT molecular complexity index is 799. The van der Waals surface area contributed by atoms with Crippen molar-refractivity contribution in [2.24, 2.45) is 0 Å². The van der Waals surface area contributed by atoms with Gasteiger partial charge in [-0.1, -0.05) is 6.07 Å². The summed E-state index contributed by atoms with van der Waals surface area (Å²) in [5.74, 6) is -0.287. The van der Waals surface area contributed by atoms with Gasteiger partial charge in [-0.3, -0.25) is 19.6 Å². The predicted molar refractivity (Wildman–Crippen MR) is 98.2 cm³/mol. The summed E-state index contributed by atoms with van der Waals surface area (Å²) in [7, 11) is 2.02. The Morgan fingerprint density at radius 2 is 2.00 bits per heavy atom. The number of anilines is 1. The molecule has 2 aliphatic heterocycles. The summed E-state index contributed by atoms with van der Waals surface area (Å²) >= 11 is 0. The van der Waals surface area contributed by atoms with Gasteiger partial charge in [0.2, 0.25) is 5.91 Å². The Labute approximate surface area is 153 Å². The van der Waals surface area contributed by atoms with Crippen molar-refractivity contribution in [2.75, 3.05) is 38.1 Å². The molecular weight excluding hydrogens is 331 g/mol. The average molecular weight is 354 g/mol. The molecule has 1 amide bonds. The number of carbonyl (C=O) groups is 1. The van der Waals surface area contributed by atoms with E-state index in [1.165, 1.54) is 17.7 Å². The number of piperazine rings is 1. The molecule has 1 aromatic heterocycles. The van der Waals surface area contributed by atoms with Gasteiger partial charge in [-0.25, -0.2) is 4.39 Å². The third-order valence-corrected chi connectivity index (χ3v) is 5.62. The fraction of sp³-hybridized carbons (Fsp3) is 0.400. The number of benzene rings is 1. The van der Waals surface area contributed by atoms with Gasteiger partial charge in [0, 0.05) is 44.3 Å². The van der Waals surface area contributed by atoms with E-state index in [1.54, 1.807) is 11.0 Å². The second kappa shape index (κ2) is 6.78. The van der Waals surface area contributed by atoms with Gasteiger partial charge in [-0.05, 0) is 49.4 Å². The van der Waals surface area contributed by atoms with Gasteiger partial charge in [-0.2, -0.15) is 0 Å². The molecule has 26 heavy (non-hydrogen) atoms. The fourth-order valence-electron chi connectivity index (χ4n) is 4.10. The maximum Gasteiger partial charge on any atom is 0.241 e. The summed E-state index contributed by atoms with van der Waals surface area (Å²) in [5.41, 5.74) is 1.80. The van der Waals surface area contributed by atoms with Gasteiger partial charge in [0.25, 0.3) is 0 Å². The molecule has 4 rings (SSSR count). The number of aromatic nitrogens is 1. The summed E-state index contributed by atoms with van der Waals surface area (Å²) in [6.07, 6.45) is 4.63. The number of amides is 1. The molecule has 6 heteroatoms. The van der Waals surface area contributed by atoms with Crippen LogP contribution in [0.2, 0.25) is 0 Å². The highest BCUT2D eigenvalue weighted by molar-refractivity contribution is 5.96. The topological polar surface area (TPSA) is 39.7 Å². The Morgan fingerprint density at radius 3 is 2.77 bits per heavy atom. The van der Waals surface area contributed by atoms with Crippen molar-refractivity contribution in [3.63, 3.8) is 0 Å². The number of rotatable bonds is 3. The average Bonchev–Trinajstić information content (AvgIpc) is 3.03. The van der Waals surface area contributed by atoms with E-state index in [1.807, 2.05) is 37.6 Å². The van der Waals surface area contributed by atoms with Crippen molar-refractivity contribution in [3.8, 4) is 0 Å². The second-order valence-electron chi connectivity index (χ2n) is 7.36. The lowest BCUT2D eigenvalue weighted by molar-refractivity contribution is -0.123. The Balaban J connectivity index is 1.53. The fourth-order valence-corrected chi connectivity index (χ4v) is 4.10. The molecule has 0 saturated carbocycles. The van der Waals surface area contributed by atoms with Gasteiger partial charge < -0.3 is 4.90 Å². The van der Waals surface area contributed by atoms with Crippen molar-refractivity contribution in [1.29, 1.82) is 0 Å². The molecule has 3 heterocycles. The van der Waals surface area contributed by atoms with Gasteiger partial charge in [0.15, 0.2) is 0 Å². The van der Waals surface area contributed by atoms with Crippen LogP contribution in [-0.4, -0.2) is 59.5 Å². The Hall–Kier alpha value is -2.31. The quantitative estimate of drug-likeness (QED) is 0.847. The number of pyridine rings is 1. The van der Waals surface area contributed by atoms with Crippen LogP contribution in [0.5, 0.6) is 0 Å². The van der Waals surface area contributed by atoms with Gasteiger partial charge >= 0.3 is 0 Å². The van der Waals surface area contributed by atoms with Gasteiger partial charge in [0.1, 0.15) is 5.82 Å². The molecule has 0 N–H and O–H groups in total. The minimum Gasteiger partial charge on any atom is -0.309 e. The molecule has 2 aromatic rings. The van der Waals surface area contributed by atoms with Crippen LogP contribution in [0, 0.1) is 5.82 Å². The van der Waals surface area contributed by atoms with Crippen molar-refractivity contribution in [2.45, 2.75) is 18.5 Å². The summed E-state index contributed by atoms with van der Waals surface area (Å²) in [4.78, 5) is 23.0. The molecule has 1 unspecified atom stereocenters. The zero-order valence-electron chi connectivity index (χ0n) is 14.9. The maximum absolute atomic E-state index is 13.6. The second-order valence-corrected chi connectivity index (χ2v) is 7.36. The van der Waals surface area contributed by atoms with E-state index >= 15 is 0 Å². The van der Waals surface area contributed by atoms with Crippen molar-refractivity contribution < 1.29 is 9.18 Å².